The quantitative estimate of drug-likeness (QED) is 0.896. The van der Waals surface area contributed by atoms with Gasteiger partial charge in [0.2, 0.25) is 0 Å². The van der Waals surface area contributed by atoms with Gasteiger partial charge in [0.25, 0.3) is 0 Å². The summed E-state index contributed by atoms with van der Waals surface area (Å²) in [5.41, 5.74) is 1.54. The van der Waals surface area contributed by atoms with Crippen molar-refractivity contribution in [2.45, 2.75) is 58.7 Å². The van der Waals surface area contributed by atoms with Gasteiger partial charge in [0.15, 0.2) is 0 Å². The summed E-state index contributed by atoms with van der Waals surface area (Å²) in [5, 5.41) is 3.24. The van der Waals surface area contributed by atoms with E-state index in [0.717, 1.165) is 19.1 Å². The van der Waals surface area contributed by atoms with Gasteiger partial charge in [0.1, 0.15) is 0 Å². The summed E-state index contributed by atoms with van der Waals surface area (Å²) in [5.74, 6) is 0. The molecular weight excluding hydrogens is 240 g/mol. The number of rotatable bonds is 4. The molecule has 3 heteroatoms. The Kier molecular flexibility index (Phi) is 5.22. The molecule has 1 aliphatic rings. The van der Waals surface area contributed by atoms with E-state index >= 15 is 0 Å². The van der Waals surface area contributed by atoms with Crippen molar-refractivity contribution >= 4 is 11.3 Å². The molecule has 1 saturated heterocycles. The molecule has 1 N–H and O–H groups in total. The second kappa shape index (κ2) is 6.69. The second-order valence-corrected chi connectivity index (χ2v) is 6.83. The molecule has 2 nitrogen and oxygen atoms in total. The van der Waals surface area contributed by atoms with Crippen molar-refractivity contribution < 1.29 is 0 Å². The molecule has 0 bridgehead atoms. The number of nitrogens with zero attached hydrogens (tertiary/aromatic N) is 1. The molecule has 1 aromatic heterocycles. The molecular formula is C15H26N2S. The Morgan fingerprint density at radius 1 is 1.39 bits per heavy atom. The smallest absolute Gasteiger partial charge is 0.0296 e. The van der Waals surface area contributed by atoms with E-state index in [1.165, 1.54) is 42.0 Å². The van der Waals surface area contributed by atoms with Crippen LogP contribution in [0.1, 0.15) is 47.9 Å². The van der Waals surface area contributed by atoms with E-state index in [-0.39, 0.29) is 0 Å². The van der Waals surface area contributed by atoms with Crippen LogP contribution in [0.3, 0.4) is 0 Å². The van der Waals surface area contributed by atoms with Gasteiger partial charge in [-0.15, -0.1) is 11.3 Å². The Bertz CT molecular complexity index is 373. The third kappa shape index (κ3) is 3.56. The maximum Gasteiger partial charge on any atom is 0.0296 e. The van der Waals surface area contributed by atoms with Crippen molar-refractivity contribution in [1.82, 2.24) is 10.2 Å². The molecule has 2 heterocycles. The zero-order valence-electron chi connectivity index (χ0n) is 12.0. The van der Waals surface area contributed by atoms with E-state index in [1.807, 2.05) is 18.4 Å². The van der Waals surface area contributed by atoms with Gasteiger partial charge in [-0.05, 0) is 51.9 Å². The summed E-state index contributed by atoms with van der Waals surface area (Å²) in [6, 6.07) is 3.15. The normalized spacial score (nSPS) is 22.1. The number of aryl methyl sites for hydroxylation is 1. The highest BCUT2D eigenvalue weighted by Crippen LogP contribution is 2.25. The molecule has 2 rings (SSSR count). The zero-order chi connectivity index (χ0) is 13.0. The lowest BCUT2D eigenvalue weighted by Crippen LogP contribution is -2.31. The fraction of sp³-hybridized carbons (Fsp3) is 0.733. The first kappa shape index (κ1) is 14.0. The van der Waals surface area contributed by atoms with Gasteiger partial charge in [-0.1, -0.05) is 12.8 Å². The maximum absolute atomic E-state index is 3.24. The van der Waals surface area contributed by atoms with E-state index in [4.69, 9.17) is 0 Å². The van der Waals surface area contributed by atoms with Gasteiger partial charge in [0, 0.05) is 28.9 Å². The van der Waals surface area contributed by atoms with Gasteiger partial charge in [0.05, 0.1) is 0 Å². The highest BCUT2D eigenvalue weighted by atomic mass is 32.1. The largest absolute Gasteiger partial charge is 0.315 e. The fourth-order valence-corrected chi connectivity index (χ4v) is 3.86. The number of nitrogens with one attached hydrogen (secondary N) is 1. The Morgan fingerprint density at radius 3 is 3.00 bits per heavy atom. The molecule has 0 saturated carbocycles. The van der Waals surface area contributed by atoms with Crippen molar-refractivity contribution in [1.29, 1.82) is 0 Å². The third-order valence-electron chi connectivity index (χ3n) is 3.99. The standard InChI is InChI=1S/C15H26N2S/c1-12-7-5-4-6-8-17(12)11-14-9-15(10-16-3)18-13(14)2/h9,12,16H,4-8,10-11H2,1-3H3. The second-order valence-electron chi connectivity index (χ2n) is 5.49. The average Bonchev–Trinajstić information content (AvgIpc) is 2.55. The lowest BCUT2D eigenvalue weighted by Gasteiger charge is -2.26. The zero-order valence-corrected chi connectivity index (χ0v) is 12.8. The van der Waals surface area contributed by atoms with Crippen LogP contribution in [-0.4, -0.2) is 24.5 Å². The molecule has 0 aliphatic carbocycles. The molecule has 1 atom stereocenters. The minimum absolute atomic E-state index is 0.750. The molecule has 0 spiro atoms. The van der Waals surface area contributed by atoms with Gasteiger partial charge in [-0.25, -0.2) is 0 Å². The predicted molar refractivity (Wildman–Crippen MR) is 80.2 cm³/mol. The Hall–Kier alpha value is -0.380. The maximum atomic E-state index is 3.24. The van der Waals surface area contributed by atoms with Crippen LogP contribution in [0, 0.1) is 6.92 Å². The van der Waals surface area contributed by atoms with E-state index in [9.17, 15) is 0 Å². The van der Waals surface area contributed by atoms with Crippen LogP contribution in [0.4, 0.5) is 0 Å². The highest BCUT2D eigenvalue weighted by molar-refractivity contribution is 7.12. The van der Waals surface area contributed by atoms with Crippen molar-refractivity contribution in [2.75, 3.05) is 13.6 Å². The molecule has 1 fully saturated rings. The number of hydrogen-bond acceptors (Lipinski definition) is 3. The van der Waals surface area contributed by atoms with Crippen molar-refractivity contribution in [3.05, 3.63) is 21.4 Å². The van der Waals surface area contributed by atoms with Gasteiger partial charge >= 0.3 is 0 Å². The third-order valence-corrected chi connectivity index (χ3v) is 5.08. The molecule has 0 radical (unpaired) electrons. The molecule has 102 valence electrons. The molecule has 18 heavy (non-hydrogen) atoms. The van der Waals surface area contributed by atoms with Gasteiger partial charge in [-0.3, -0.25) is 4.90 Å². The molecule has 1 aliphatic heterocycles. The van der Waals surface area contributed by atoms with Crippen molar-refractivity contribution in [2.24, 2.45) is 0 Å². The minimum atomic E-state index is 0.750. The van der Waals surface area contributed by atoms with Crippen molar-refractivity contribution in [3.63, 3.8) is 0 Å². The van der Waals surface area contributed by atoms with E-state index < -0.39 is 0 Å². The lowest BCUT2D eigenvalue weighted by atomic mass is 10.1. The summed E-state index contributed by atoms with van der Waals surface area (Å²) < 4.78 is 0. The summed E-state index contributed by atoms with van der Waals surface area (Å²) in [6.07, 6.45) is 5.56. The summed E-state index contributed by atoms with van der Waals surface area (Å²) in [7, 11) is 2.02. The first-order valence-electron chi connectivity index (χ1n) is 7.17. The number of hydrogen-bond donors (Lipinski definition) is 1. The molecule has 1 aromatic rings. The molecule has 0 amide bonds. The van der Waals surface area contributed by atoms with Crippen LogP contribution in [0.5, 0.6) is 0 Å². The van der Waals surface area contributed by atoms with Crippen LogP contribution in [0.25, 0.3) is 0 Å². The topological polar surface area (TPSA) is 15.3 Å². The Balaban J connectivity index is 2.02. The van der Waals surface area contributed by atoms with Crippen LogP contribution >= 0.6 is 11.3 Å². The van der Waals surface area contributed by atoms with Crippen LogP contribution in [0.2, 0.25) is 0 Å². The van der Waals surface area contributed by atoms with E-state index in [1.54, 1.807) is 5.56 Å². The highest BCUT2D eigenvalue weighted by Gasteiger charge is 2.18. The minimum Gasteiger partial charge on any atom is -0.315 e. The first-order chi connectivity index (χ1) is 8.70. The van der Waals surface area contributed by atoms with E-state index in [2.05, 4.69) is 30.1 Å². The van der Waals surface area contributed by atoms with Crippen LogP contribution in [0.15, 0.2) is 6.07 Å². The number of thiophene rings is 1. The summed E-state index contributed by atoms with van der Waals surface area (Å²) in [4.78, 5) is 5.63. The molecule has 0 aromatic carbocycles. The van der Waals surface area contributed by atoms with Gasteiger partial charge in [-0.2, -0.15) is 0 Å². The lowest BCUT2D eigenvalue weighted by molar-refractivity contribution is 0.205. The van der Waals surface area contributed by atoms with Gasteiger partial charge < -0.3 is 5.32 Å². The molecule has 1 unspecified atom stereocenters. The van der Waals surface area contributed by atoms with Crippen molar-refractivity contribution in [3.8, 4) is 0 Å². The average molecular weight is 266 g/mol. The fourth-order valence-electron chi connectivity index (χ4n) is 2.79. The predicted octanol–water partition coefficient (Wildman–Crippen LogP) is 3.54. The van der Waals surface area contributed by atoms with Crippen LogP contribution < -0.4 is 5.32 Å². The summed E-state index contributed by atoms with van der Waals surface area (Å²) in [6.45, 7) is 8.08. The Labute approximate surface area is 115 Å². The van der Waals surface area contributed by atoms with Crippen LogP contribution in [-0.2, 0) is 13.1 Å². The van der Waals surface area contributed by atoms with E-state index in [0.29, 0.717) is 0 Å². The SMILES string of the molecule is CNCc1cc(CN2CCCCCC2C)c(C)s1. The Morgan fingerprint density at radius 2 is 2.22 bits per heavy atom. The number of likely N-dealkylation sites (tertiary alicyclic amines) is 1. The first-order valence-corrected chi connectivity index (χ1v) is 7.99. The summed E-state index contributed by atoms with van der Waals surface area (Å²) >= 11 is 1.94. The monoisotopic (exact) mass is 266 g/mol.